The standard InChI is InChI=1S/C16H24N6O/c1-22-15(19-12-20-22)11-18-16(21-13-5-2-3-6-13)17-9-8-14-7-4-10-23-14/h4,7,10,12-13H,2-3,5-6,8-9,11H2,1H3,(H2,17,18,21). The van der Waals surface area contributed by atoms with Crippen molar-refractivity contribution < 1.29 is 4.42 Å². The number of furan rings is 1. The average molecular weight is 316 g/mol. The first-order chi connectivity index (χ1) is 11.3. The molecular formula is C16H24N6O. The molecule has 23 heavy (non-hydrogen) atoms. The highest BCUT2D eigenvalue weighted by atomic mass is 16.3. The van der Waals surface area contributed by atoms with Gasteiger partial charge in [-0.05, 0) is 25.0 Å². The van der Waals surface area contributed by atoms with E-state index in [1.165, 1.54) is 25.7 Å². The Labute approximate surface area is 136 Å². The summed E-state index contributed by atoms with van der Waals surface area (Å²) in [6.07, 6.45) is 9.10. The summed E-state index contributed by atoms with van der Waals surface area (Å²) in [5.41, 5.74) is 0. The lowest BCUT2D eigenvalue weighted by molar-refractivity contribution is 0.505. The minimum Gasteiger partial charge on any atom is -0.469 e. The van der Waals surface area contributed by atoms with E-state index in [-0.39, 0.29) is 0 Å². The van der Waals surface area contributed by atoms with Crippen molar-refractivity contribution in [3.8, 4) is 0 Å². The van der Waals surface area contributed by atoms with Crippen LogP contribution in [0.3, 0.4) is 0 Å². The quantitative estimate of drug-likeness (QED) is 0.625. The largest absolute Gasteiger partial charge is 0.469 e. The fraction of sp³-hybridized carbons (Fsp3) is 0.562. The summed E-state index contributed by atoms with van der Waals surface area (Å²) in [5.74, 6) is 2.67. The van der Waals surface area contributed by atoms with Gasteiger partial charge in [-0.25, -0.2) is 9.98 Å². The van der Waals surface area contributed by atoms with E-state index in [1.807, 2.05) is 19.2 Å². The highest BCUT2D eigenvalue weighted by Crippen LogP contribution is 2.17. The number of rotatable bonds is 6. The van der Waals surface area contributed by atoms with E-state index in [9.17, 15) is 0 Å². The number of aliphatic imine (C=N–C) groups is 1. The molecule has 7 nitrogen and oxygen atoms in total. The molecule has 1 fully saturated rings. The van der Waals surface area contributed by atoms with E-state index < -0.39 is 0 Å². The van der Waals surface area contributed by atoms with E-state index in [4.69, 9.17) is 4.42 Å². The number of nitrogens with zero attached hydrogens (tertiary/aromatic N) is 4. The molecule has 2 heterocycles. The maximum atomic E-state index is 5.36. The Balaban J connectivity index is 1.56. The molecule has 0 radical (unpaired) electrons. The van der Waals surface area contributed by atoms with E-state index in [0.29, 0.717) is 12.6 Å². The topological polar surface area (TPSA) is 80.3 Å². The zero-order chi connectivity index (χ0) is 15.9. The molecule has 0 aromatic carbocycles. The fourth-order valence-corrected chi connectivity index (χ4v) is 2.79. The van der Waals surface area contributed by atoms with Gasteiger partial charge in [0, 0.05) is 26.1 Å². The molecule has 0 bridgehead atoms. The van der Waals surface area contributed by atoms with Gasteiger partial charge in [-0.3, -0.25) is 4.68 Å². The van der Waals surface area contributed by atoms with Crippen LogP contribution in [0.4, 0.5) is 0 Å². The Morgan fingerprint density at radius 1 is 1.43 bits per heavy atom. The Hall–Kier alpha value is -2.31. The van der Waals surface area contributed by atoms with Gasteiger partial charge in [0.2, 0.25) is 0 Å². The molecule has 0 spiro atoms. The van der Waals surface area contributed by atoms with Crippen molar-refractivity contribution in [3.05, 3.63) is 36.3 Å². The molecule has 124 valence electrons. The second-order valence-corrected chi connectivity index (χ2v) is 5.85. The first kappa shape index (κ1) is 15.6. The number of aromatic nitrogens is 3. The molecule has 2 aromatic rings. The van der Waals surface area contributed by atoms with Crippen LogP contribution in [-0.2, 0) is 20.0 Å². The monoisotopic (exact) mass is 316 g/mol. The summed E-state index contributed by atoms with van der Waals surface area (Å²) in [6.45, 7) is 1.30. The summed E-state index contributed by atoms with van der Waals surface area (Å²) >= 11 is 0. The van der Waals surface area contributed by atoms with Crippen molar-refractivity contribution >= 4 is 5.96 Å². The molecule has 0 amide bonds. The summed E-state index contributed by atoms with van der Waals surface area (Å²) < 4.78 is 7.11. The van der Waals surface area contributed by atoms with Gasteiger partial charge >= 0.3 is 0 Å². The predicted octanol–water partition coefficient (Wildman–Crippen LogP) is 1.63. The zero-order valence-electron chi connectivity index (χ0n) is 13.5. The minimum absolute atomic E-state index is 0.513. The van der Waals surface area contributed by atoms with Gasteiger partial charge in [0.25, 0.3) is 0 Å². The second kappa shape index (κ2) is 7.80. The van der Waals surface area contributed by atoms with Crippen LogP contribution in [0.15, 0.2) is 34.1 Å². The van der Waals surface area contributed by atoms with E-state index in [1.54, 1.807) is 17.3 Å². The maximum Gasteiger partial charge on any atom is 0.191 e. The van der Waals surface area contributed by atoms with Crippen LogP contribution in [0, 0.1) is 0 Å². The van der Waals surface area contributed by atoms with E-state index >= 15 is 0 Å². The number of hydrogen-bond donors (Lipinski definition) is 2. The first-order valence-electron chi connectivity index (χ1n) is 8.21. The van der Waals surface area contributed by atoms with Crippen molar-refractivity contribution in [2.75, 3.05) is 6.54 Å². The molecule has 0 atom stereocenters. The zero-order valence-corrected chi connectivity index (χ0v) is 13.5. The first-order valence-corrected chi connectivity index (χ1v) is 8.21. The predicted molar refractivity (Wildman–Crippen MR) is 87.9 cm³/mol. The second-order valence-electron chi connectivity index (χ2n) is 5.85. The third-order valence-electron chi connectivity index (χ3n) is 4.12. The van der Waals surface area contributed by atoms with Crippen molar-refractivity contribution in [1.82, 2.24) is 25.4 Å². The van der Waals surface area contributed by atoms with Gasteiger partial charge in [0.05, 0.1) is 6.26 Å². The lowest BCUT2D eigenvalue weighted by atomic mass is 10.2. The SMILES string of the molecule is Cn1ncnc1CN=C(NCCc1ccco1)NC1CCCC1. The highest BCUT2D eigenvalue weighted by Gasteiger charge is 2.16. The van der Waals surface area contributed by atoms with Crippen molar-refractivity contribution in [2.45, 2.75) is 44.7 Å². The average Bonchev–Trinajstić information content (AvgIpc) is 3.28. The number of nitrogens with one attached hydrogen (secondary N) is 2. The normalized spacial score (nSPS) is 16.0. The Morgan fingerprint density at radius 3 is 3.00 bits per heavy atom. The number of aryl methyl sites for hydroxylation is 1. The van der Waals surface area contributed by atoms with Gasteiger partial charge in [-0.15, -0.1) is 0 Å². The van der Waals surface area contributed by atoms with Gasteiger partial charge in [-0.1, -0.05) is 12.8 Å². The molecular weight excluding hydrogens is 292 g/mol. The Morgan fingerprint density at radius 2 is 2.30 bits per heavy atom. The molecule has 2 N–H and O–H groups in total. The minimum atomic E-state index is 0.513. The molecule has 1 aliphatic rings. The Bertz CT molecular complexity index is 612. The fourth-order valence-electron chi connectivity index (χ4n) is 2.79. The van der Waals surface area contributed by atoms with Crippen LogP contribution < -0.4 is 10.6 Å². The van der Waals surface area contributed by atoms with Gasteiger partial charge < -0.3 is 15.1 Å². The third kappa shape index (κ3) is 4.58. The van der Waals surface area contributed by atoms with E-state index in [0.717, 1.165) is 30.5 Å². The Kier molecular flexibility index (Phi) is 5.29. The molecule has 2 aromatic heterocycles. The maximum absolute atomic E-state index is 5.36. The molecule has 0 unspecified atom stereocenters. The van der Waals surface area contributed by atoms with Crippen molar-refractivity contribution in [2.24, 2.45) is 12.0 Å². The van der Waals surface area contributed by atoms with Gasteiger partial charge in [0.1, 0.15) is 24.5 Å². The van der Waals surface area contributed by atoms with Crippen LogP contribution in [0.1, 0.15) is 37.3 Å². The lowest BCUT2D eigenvalue weighted by Crippen LogP contribution is -2.43. The molecule has 1 saturated carbocycles. The molecule has 7 heteroatoms. The molecule has 3 rings (SSSR count). The number of hydrogen-bond acceptors (Lipinski definition) is 4. The summed E-state index contributed by atoms with van der Waals surface area (Å²) in [6, 6.07) is 4.42. The lowest BCUT2D eigenvalue weighted by Gasteiger charge is -2.17. The van der Waals surface area contributed by atoms with Crippen molar-refractivity contribution in [1.29, 1.82) is 0 Å². The van der Waals surface area contributed by atoms with E-state index in [2.05, 4.69) is 25.7 Å². The molecule has 0 aliphatic heterocycles. The third-order valence-corrected chi connectivity index (χ3v) is 4.12. The highest BCUT2D eigenvalue weighted by molar-refractivity contribution is 5.80. The number of guanidine groups is 1. The molecule has 1 aliphatic carbocycles. The van der Waals surface area contributed by atoms with Gasteiger partial charge in [-0.2, -0.15) is 5.10 Å². The van der Waals surface area contributed by atoms with Crippen LogP contribution in [0.2, 0.25) is 0 Å². The van der Waals surface area contributed by atoms with Gasteiger partial charge in [0.15, 0.2) is 5.96 Å². The summed E-state index contributed by atoms with van der Waals surface area (Å²) in [7, 11) is 1.88. The summed E-state index contributed by atoms with van der Waals surface area (Å²) in [4.78, 5) is 8.86. The molecule has 0 saturated heterocycles. The van der Waals surface area contributed by atoms with Crippen LogP contribution in [-0.4, -0.2) is 33.3 Å². The smallest absolute Gasteiger partial charge is 0.191 e. The van der Waals surface area contributed by atoms with Crippen LogP contribution in [0.5, 0.6) is 0 Å². The van der Waals surface area contributed by atoms with Crippen LogP contribution in [0.25, 0.3) is 0 Å². The van der Waals surface area contributed by atoms with Crippen molar-refractivity contribution in [3.63, 3.8) is 0 Å². The summed E-state index contributed by atoms with van der Waals surface area (Å²) in [5, 5.41) is 11.0. The van der Waals surface area contributed by atoms with Crippen LogP contribution >= 0.6 is 0 Å².